The van der Waals surface area contributed by atoms with E-state index < -0.39 is 0 Å². The van der Waals surface area contributed by atoms with E-state index >= 15 is 0 Å². The summed E-state index contributed by atoms with van der Waals surface area (Å²) < 4.78 is 0. The first kappa shape index (κ1) is 9.85. The van der Waals surface area contributed by atoms with Crippen molar-refractivity contribution >= 4 is 0 Å². The van der Waals surface area contributed by atoms with Crippen molar-refractivity contribution in [2.24, 2.45) is 0 Å². The molecule has 1 rings (SSSR count). The molecule has 1 N–H and O–H groups in total. The Kier molecular flexibility index (Phi) is 2.76. The molecule has 1 heteroatoms. The monoisotopic (exact) mass is 176 g/mol. The first-order chi connectivity index (χ1) is 6.06. The molecule has 70 valence electrons. The Balaban J connectivity index is 2.93. The highest BCUT2D eigenvalue weighted by molar-refractivity contribution is 5.30. The van der Waals surface area contributed by atoms with E-state index in [0.29, 0.717) is 5.75 Å². The van der Waals surface area contributed by atoms with Crippen LogP contribution in [-0.2, 0) is 5.41 Å². The van der Waals surface area contributed by atoms with Gasteiger partial charge in [0.15, 0.2) is 0 Å². The zero-order chi connectivity index (χ0) is 9.90. The third-order valence-corrected chi connectivity index (χ3v) is 2.30. The van der Waals surface area contributed by atoms with E-state index in [-0.39, 0.29) is 5.41 Å². The van der Waals surface area contributed by atoms with Gasteiger partial charge in [0.2, 0.25) is 0 Å². The van der Waals surface area contributed by atoms with Crippen molar-refractivity contribution in [3.8, 4) is 5.75 Å². The van der Waals surface area contributed by atoms with Gasteiger partial charge in [-0.2, -0.15) is 0 Å². The fourth-order valence-corrected chi connectivity index (χ4v) is 1.39. The van der Waals surface area contributed by atoms with Crippen molar-refractivity contribution < 1.29 is 5.11 Å². The third-order valence-electron chi connectivity index (χ3n) is 2.30. The van der Waals surface area contributed by atoms with E-state index in [4.69, 9.17) is 5.11 Å². The van der Waals surface area contributed by atoms with E-state index in [1.165, 1.54) is 5.56 Å². The fraction of sp³-hybridized carbons (Fsp3) is 0.333. The van der Waals surface area contributed by atoms with Gasteiger partial charge < -0.3 is 5.11 Å². The van der Waals surface area contributed by atoms with Crippen LogP contribution in [0.3, 0.4) is 0 Å². The van der Waals surface area contributed by atoms with Crippen LogP contribution in [0, 0.1) is 0 Å². The first-order valence-corrected chi connectivity index (χ1v) is 4.47. The quantitative estimate of drug-likeness (QED) is 0.701. The van der Waals surface area contributed by atoms with E-state index in [2.05, 4.69) is 20.4 Å². The predicted octanol–water partition coefficient (Wildman–Crippen LogP) is 3.25. The Bertz CT molecular complexity index is 282. The summed E-state index contributed by atoms with van der Waals surface area (Å²) in [6.45, 7) is 8.07. The SMILES string of the molecule is C=CCC(C)(C)c1ccc(O)cc1. The number of phenols is 1. The first-order valence-electron chi connectivity index (χ1n) is 4.47. The lowest BCUT2D eigenvalue weighted by Crippen LogP contribution is -2.15. The van der Waals surface area contributed by atoms with Crippen LogP contribution in [0.1, 0.15) is 25.8 Å². The molecule has 0 saturated carbocycles. The number of allylic oxidation sites excluding steroid dienone is 1. The summed E-state index contributed by atoms with van der Waals surface area (Å²) in [4.78, 5) is 0. The Morgan fingerprint density at radius 2 is 1.85 bits per heavy atom. The Morgan fingerprint density at radius 1 is 1.31 bits per heavy atom. The minimum absolute atomic E-state index is 0.107. The van der Waals surface area contributed by atoms with Crippen molar-refractivity contribution in [2.75, 3.05) is 0 Å². The molecule has 1 nitrogen and oxygen atoms in total. The van der Waals surface area contributed by atoms with Gasteiger partial charge in [0.1, 0.15) is 5.75 Å². The minimum atomic E-state index is 0.107. The van der Waals surface area contributed by atoms with Crippen LogP contribution in [0.25, 0.3) is 0 Å². The molecule has 1 aromatic rings. The van der Waals surface area contributed by atoms with Crippen LogP contribution < -0.4 is 0 Å². The Labute approximate surface area is 79.7 Å². The lowest BCUT2D eigenvalue weighted by atomic mass is 9.82. The van der Waals surface area contributed by atoms with Crippen LogP contribution in [0.4, 0.5) is 0 Å². The molecule has 13 heavy (non-hydrogen) atoms. The second kappa shape index (κ2) is 3.65. The van der Waals surface area contributed by atoms with E-state index in [1.807, 2.05) is 18.2 Å². The topological polar surface area (TPSA) is 20.2 Å². The molecule has 0 aliphatic carbocycles. The summed E-state index contributed by atoms with van der Waals surface area (Å²) in [5.74, 6) is 0.318. The number of hydrogen-bond donors (Lipinski definition) is 1. The van der Waals surface area contributed by atoms with Gasteiger partial charge >= 0.3 is 0 Å². The second-order valence-corrected chi connectivity index (χ2v) is 3.92. The Hall–Kier alpha value is -1.24. The maximum absolute atomic E-state index is 9.13. The molecule has 0 aromatic heterocycles. The Morgan fingerprint density at radius 3 is 2.31 bits per heavy atom. The number of rotatable bonds is 3. The van der Waals surface area contributed by atoms with E-state index in [0.717, 1.165) is 6.42 Å². The van der Waals surface area contributed by atoms with Crippen LogP contribution in [0.2, 0.25) is 0 Å². The molecule has 0 fully saturated rings. The molecule has 0 atom stereocenters. The third kappa shape index (κ3) is 2.35. The van der Waals surface area contributed by atoms with Gasteiger partial charge in [0, 0.05) is 0 Å². The summed E-state index contributed by atoms with van der Waals surface area (Å²) in [5.41, 5.74) is 1.33. The number of benzene rings is 1. The molecular weight excluding hydrogens is 160 g/mol. The van der Waals surface area contributed by atoms with E-state index in [1.54, 1.807) is 12.1 Å². The molecule has 0 saturated heterocycles. The van der Waals surface area contributed by atoms with Crippen molar-refractivity contribution in [2.45, 2.75) is 25.7 Å². The van der Waals surface area contributed by atoms with Gasteiger partial charge in [-0.25, -0.2) is 0 Å². The standard InChI is InChI=1S/C12H16O/c1-4-9-12(2,3)10-5-7-11(13)8-6-10/h4-8,13H,1,9H2,2-3H3. The molecule has 0 spiro atoms. The van der Waals surface area contributed by atoms with Crippen molar-refractivity contribution in [1.82, 2.24) is 0 Å². The van der Waals surface area contributed by atoms with E-state index in [9.17, 15) is 0 Å². The summed E-state index contributed by atoms with van der Waals surface area (Å²) in [6.07, 6.45) is 2.87. The van der Waals surface area contributed by atoms with Gasteiger partial charge in [-0.05, 0) is 29.5 Å². The van der Waals surface area contributed by atoms with Crippen LogP contribution >= 0.6 is 0 Å². The molecule has 0 aliphatic rings. The van der Waals surface area contributed by atoms with Gasteiger partial charge in [-0.1, -0.05) is 32.1 Å². The summed E-state index contributed by atoms with van der Waals surface area (Å²) in [5, 5.41) is 9.13. The van der Waals surface area contributed by atoms with Gasteiger partial charge in [-0.3, -0.25) is 0 Å². The van der Waals surface area contributed by atoms with Gasteiger partial charge in [0.05, 0.1) is 0 Å². The molecule has 0 bridgehead atoms. The molecule has 0 heterocycles. The zero-order valence-corrected chi connectivity index (χ0v) is 8.25. The highest BCUT2D eigenvalue weighted by Crippen LogP contribution is 2.28. The smallest absolute Gasteiger partial charge is 0.115 e. The number of hydrogen-bond acceptors (Lipinski definition) is 1. The molecular formula is C12H16O. The lowest BCUT2D eigenvalue weighted by Gasteiger charge is -2.23. The van der Waals surface area contributed by atoms with Crippen LogP contribution in [-0.4, -0.2) is 5.11 Å². The number of phenolic OH excluding ortho intramolecular Hbond substituents is 1. The highest BCUT2D eigenvalue weighted by Gasteiger charge is 2.17. The molecule has 0 aliphatic heterocycles. The average molecular weight is 176 g/mol. The second-order valence-electron chi connectivity index (χ2n) is 3.92. The summed E-state index contributed by atoms with van der Waals surface area (Å²) in [7, 11) is 0. The van der Waals surface area contributed by atoms with Crippen molar-refractivity contribution in [1.29, 1.82) is 0 Å². The zero-order valence-electron chi connectivity index (χ0n) is 8.25. The summed E-state index contributed by atoms with van der Waals surface area (Å²) >= 11 is 0. The largest absolute Gasteiger partial charge is 0.508 e. The number of aromatic hydroxyl groups is 1. The fourth-order valence-electron chi connectivity index (χ4n) is 1.39. The molecule has 1 aromatic carbocycles. The highest BCUT2D eigenvalue weighted by atomic mass is 16.3. The lowest BCUT2D eigenvalue weighted by molar-refractivity contribution is 0.473. The summed E-state index contributed by atoms with van der Waals surface area (Å²) in [6, 6.07) is 7.36. The normalized spacial score (nSPS) is 11.2. The molecule has 0 unspecified atom stereocenters. The van der Waals surface area contributed by atoms with Crippen LogP contribution in [0.15, 0.2) is 36.9 Å². The van der Waals surface area contributed by atoms with Crippen molar-refractivity contribution in [3.63, 3.8) is 0 Å². The van der Waals surface area contributed by atoms with Gasteiger partial charge in [-0.15, -0.1) is 6.58 Å². The maximum atomic E-state index is 9.13. The van der Waals surface area contributed by atoms with Gasteiger partial charge in [0.25, 0.3) is 0 Å². The molecule has 0 radical (unpaired) electrons. The molecule has 0 amide bonds. The average Bonchev–Trinajstić information content (AvgIpc) is 2.05. The van der Waals surface area contributed by atoms with Crippen molar-refractivity contribution in [3.05, 3.63) is 42.5 Å². The minimum Gasteiger partial charge on any atom is -0.508 e. The maximum Gasteiger partial charge on any atom is 0.115 e. The van der Waals surface area contributed by atoms with Crippen LogP contribution in [0.5, 0.6) is 5.75 Å². The predicted molar refractivity (Wildman–Crippen MR) is 55.9 cm³/mol.